The number of hydrogen-bond donors (Lipinski definition) is 1. The van der Waals surface area contributed by atoms with Crippen LogP contribution in [0.25, 0.3) is 0 Å². The van der Waals surface area contributed by atoms with Crippen LogP contribution in [-0.2, 0) is 9.59 Å². The average molecular weight is 387 g/mol. The van der Waals surface area contributed by atoms with Crippen molar-refractivity contribution in [1.82, 2.24) is 19.8 Å². The molecule has 1 aromatic rings. The molecule has 1 aliphatic carbocycles. The van der Waals surface area contributed by atoms with Crippen LogP contribution in [0.15, 0.2) is 18.5 Å². The van der Waals surface area contributed by atoms with Gasteiger partial charge in [0.2, 0.25) is 5.95 Å². The van der Waals surface area contributed by atoms with Crippen LogP contribution >= 0.6 is 0 Å². The standard InChI is InChI=1S/C19H26N6O3/c1-14-5-2-3-6-15(14)25-17(27)16(26)24(19(25)28)13-22-9-11-23(12-10-22)18-20-7-4-8-21-18/h4,7-8,14-15H,2-3,5-6,9-13H2,1H3/p+1/t14-,15-/m0/s1. The van der Waals surface area contributed by atoms with E-state index in [0.29, 0.717) is 5.95 Å². The van der Waals surface area contributed by atoms with Crippen molar-refractivity contribution in [3.63, 3.8) is 0 Å². The van der Waals surface area contributed by atoms with Gasteiger partial charge >= 0.3 is 17.8 Å². The van der Waals surface area contributed by atoms with Gasteiger partial charge in [0.15, 0.2) is 6.67 Å². The molecule has 0 unspecified atom stereocenters. The smallest absolute Gasteiger partial charge is 0.330 e. The molecule has 2 aliphatic heterocycles. The lowest BCUT2D eigenvalue weighted by atomic mass is 9.85. The van der Waals surface area contributed by atoms with Gasteiger partial charge in [-0.25, -0.2) is 19.7 Å². The summed E-state index contributed by atoms with van der Waals surface area (Å²) in [4.78, 5) is 52.1. The summed E-state index contributed by atoms with van der Waals surface area (Å²) >= 11 is 0. The minimum Gasteiger partial charge on any atom is -0.330 e. The van der Waals surface area contributed by atoms with E-state index in [1.807, 2.05) is 0 Å². The molecule has 2 atom stereocenters. The summed E-state index contributed by atoms with van der Waals surface area (Å²) in [6.07, 6.45) is 7.33. The highest BCUT2D eigenvalue weighted by atomic mass is 16.2. The van der Waals surface area contributed by atoms with Crippen molar-refractivity contribution >= 4 is 23.8 Å². The van der Waals surface area contributed by atoms with Crippen LogP contribution in [0, 0.1) is 5.92 Å². The van der Waals surface area contributed by atoms with Gasteiger partial charge in [0.25, 0.3) is 0 Å². The summed E-state index contributed by atoms with van der Waals surface area (Å²) in [7, 11) is 0. The van der Waals surface area contributed by atoms with E-state index in [-0.39, 0.29) is 18.6 Å². The van der Waals surface area contributed by atoms with E-state index in [1.54, 1.807) is 18.5 Å². The minimum absolute atomic E-state index is 0.148. The molecule has 3 heterocycles. The second-order valence-corrected chi connectivity index (χ2v) is 7.96. The van der Waals surface area contributed by atoms with Crippen LogP contribution in [-0.4, -0.2) is 76.5 Å². The molecule has 28 heavy (non-hydrogen) atoms. The number of quaternary nitrogens is 1. The average Bonchev–Trinajstić information content (AvgIpc) is 2.93. The number of anilines is 1. The summed E-state index contributed by atoms with van der Waals surface area (Å²) in [5.41, 5.74) is 0. The first-order valence-corrected chi connectivity index (χ1v) is 10.1. The van der Waals surface area contributed by atoms with Crippen LogP contribution in [0.1, 0.15) is 32.6 Å². The van der Waals surface area contributed by atoms with Gasteiger partial charge in [-0.15, -0.1) is 0 Å². The zero-order valence-electron chi connectivity index (χ0n) is 16.2. The van der Waals surface area contributed by atoms with Gasteiger partial charge in [-0.1, -0.05) is 19.8 Å². The minimum atomic E-state index is -0.677. The first-order chi connectivity index (χ1) is 13.6. The van der Waals surface area contributed by atoms with Gasteiger partial charge < -0.3 is 9.80 Å². The number of nitrogens with one attached hydrogen (secondary N) is 1. The van der Waals surface area contributed by atoms with Gasteiger partial charge in [0.1, 0.15) is 0 Å². The van der Waals surface area contributed by atoms with Gasteiger partial charge in [-0.2, -0.15) is 0 Å². The SMILES string of the molecule is C[C@H]1CCCC[C@@H]1N1C(=O)C(=O)N(C[NH+]2CCN(c3ncccn3)CC2)C1=O. The fourth-order valence-electron chi connectivity index (χ4n) is 4.49. The van der Waals surface area contributed by atoms with Crippen LogP contribution in [0.2, 0.25) is 0 Å². The maximum absolute atomic E-state index is 12.9. The Morgan fingerprint density at radius 3 is 2.39 bits per heavy atom. The lowest BCUT2D eigenvalue weighted by Gasteiger charge is -2.35. The summed E-state index contributed by atoms with van der Waals surface area (Å²) < 4.78 is 0. The normalized spacial score (nSPS) is 27.0. The van der Waals surface area contributed by atoms with E-state index in [4.69, 9.17) is 0 Å². The maximum atomic E-state index is 12.9. The number of piperazine rings is 1. The van der Waals surface area contributed by atoms with Crippen molar-refractivity contribution in [1.29, 1.82) is 0 Å². The topological polar surface area (TPSA) is 91.2 Å². The van der Waals surface area contributed by atoms with Crippen molar-refractivity contribution in [2.45, 2.75) is 38.6 Å². The van der Waals surface area contributed by atoms with Crippen LogP contribution in [0.4, 0.5) is 10.7 Å². The Hall–Kier alpha value is -2.55. The molecule has 0 bridgehead atoms. The van der Waals surface area contributed by atoms with E-state index >= 15 is 0 Å². The Morgan fingerprint density at radius 1 is 1.04 bits per heavy atom. The molecule has 4 amide bonds. The van der Waals surface area contributed by atoms with Crippen molar-refractivity contribution in [3.8, 4) is 0 Å². The Labute approximate surface area is 164 Å². The second kappa shape index (κ2) is 7.83. The van der Waals surface area contributed by atoms with Gasteiger partial charge in [-0.3, -0.25) is 14.5 Å². The first-order valence-electron chi connectivity index (χ1n) is 10.1. The first kappa shape index (κ1) is 18.8. The number of imide groups is 2. The molecule has 2 saturated heterocycles. The monoisotopic (exact) mass is 387 g/mol. The number of carbonyl (C=O) groups is 3. The summed E-state index contributed by atoms with van der Waals surface area (Å²) in [6, 6.07) is 1.20. The number of nitrogens with zero attached hydrogens (tertiary/aromatic N) is 5. The molecule has 1 saturated carbocycles. The Bertz CT molecular complexity index is 749. The Kier molecular flexibility index (Phi) is 5.25. The summed E-state index contributed by atoms with van der Waals surface area (Å²) in [5, 5.41) is 0. The molecule has 150 valence electrons. The van der Waals surface area contributed by atoms with Gasteiger partial charge in [0, 0.05) is 18.4 Å². The zero-order chi connectivity index (χ0) is 19.7. The van der Waals surface area contributed by atoms with E-state index in [0.717, 1.165) is 61.7 Å². The van der Waals surface area contributed by atoms with Crippen molar-refractivity contribution in [2.75, 3.05) is 37.7 Å². The van der Waals surface area contributed by atoms with Gasteiger partial charge in [-0.05, 0) is 24.8 Å². The summed E-state index contributed by atoms with van der Waals surface area (Å²) in [5.74, 6) is -0.387. The van der Waals surface area contributed by atoms with Crippen molar-refractivity contribution in [2.24, 2.45) is 5.92 Å². The van der Waals surface area contributed by atoms with E-state index in [1.165, 1.54) is 4.90 Å². The molecule has 0 radical (unpaired) electrons. The fourth-order valence-corrected chi connectivity index (χ4v) is 4.49. The molecular formula is C19H27N6O3+. The highest BCUT2D eigenvalue weighted by molar-refractivity contribution is 6.44. The molecule has 9 heteroatoms. The van der Waals surface area contributed by atoms with Crippen molar-refractivity contribution in [3.05, 3.63) is 18.5 Å². The number of rotatable bonds is 4. The molecule has 9 nitrogen and oxygen atoms in total. The highest BCUT2D eigenvalue weighted by Crippen LogP contribution is 2.30. The van der Waals surface area contributed by atoms with Crippen LogP contribution < -0.4 is 9.80 Å². The second-order valence-electron chi connectivity index (χ2n) is 7.96. The highest BCUT2D eigenvalue weighted by Gasteiger charge is 2.50. The van der Waals surface area contributed by atoms with Crippen LogP contribution in [0.3, 0.4) is 0 Å². The van der Waals surface area contributed by atoms with Crippen LogP contribution in [0.5, 0.6) is 0 Å². The third-order valence-electron chi connectivity index (χ3n) is 6.17. The molecule has 4 rings (SSSR count). The number of urea groups is 1. The van der Waals surface area contributed by atoms with E-state index in [2.05, 4.69) is 21.8 Å². The lowest BCUT2D eigenvalue weighted by Crippen LogP contribution is -3.16. The quantitative estimate of drug-likeness (QED) is 0.554. The molecule has 1 N–H and O–H groups in total. The molecular weight excluding hydrogens is 360 g/mol. The lowest BCUT2D eigenvalue weighted by molar-refractivity contribution is -0.907. The molecule has 3 aliphatic rings. The number of hydrogen-bond acceptors (Lipinski definition) is 6. The number of amides is 4. The largest absolute Gasteiger partial charge is 0.338 e. The van der Waals surface area contributed by atoms with E-state index < -0.39 is 17.8 Å². The zero-order valence-corrected chi connectivity index (χ0v) is 16.2. The molecule has 3 fully saturated rings. The Balaban J connectivity index is 1.38. The fraction of sp³-hybridized carbons (Fsp3) is 0.632. The maximum Gasteiger partial charge on any atom is 0.338 e. The third-order valence-corrected chi connectivity index (χ3v) is 6.17. The predicted octanol–water partition coefficient (Wildman–Crippen LogP) is -0.491. The van der Waals surface area contributed by atoms with E-state index in [9.17, 15) is 14.4 Å². The summed E-state index contributed by atoms with van der Waals surface area (Å²) in [6.45, 7) is 5.30. The predicted molar refractivity (Wildman–Crippen MR) is 100 cm³/mol. The molecule has 0 spiro atoms. The number of carbonyl (C=O) groups excluding carboxylic acids is 3. The van der Waals surface area contributed by atoms with Gasteiger partial charge in [0.05, 0.1) is 26.2 Å². The van der Waals surface area contributed by atoms with Crippen molar-refractivity contribution < 1.29 is 19.3 Å². The molecule has 1 aromatic heterocycles. The number of aromatic nitrogens is 2. The Morgan fingerprint density at radius 2 is 1.71 bits per heavy atom. The third kappa shape index (κ3) is 3.46. The molecule has 0 aromatic carbocycles.